The molecule has 1 heterocycles. The number of benzene rings is 1. The fourth-order valence-corrected chi connectivity index (χ4v) is 2.17. The lowest BCUT2D eigenvalue weighted by atomic mass is 10.1. The Bertz CT molecular complexity index is 420. The zero-order valence-electron chi connectivity index (χ0n) is 7.71. The standard InChI is InChI=1S/C9H6Br2F2O3/c10-5-1-4(8(14)9(11,12)13)2-6-7(5)16-3-15-6/h1-2,8,14H,3H2. The van der Waals surface area contributed by atoms with Gasteiger partial charge in [0.2, 0.25) is 6.79 Å². The molecule has 2 rings (SSSR count). The fraction of sp³-hybridized carbons (Fsp3) is 0.333. The number of hydrogen-bond acceptors (Lipinski definition) is 3. The minimum atomic E-state index is -3.39. The van der Waals surface area contributed by atoms with Crippen molar-refractivity contribution in [2.45, 2.75) is 10.9 Å². The molecular weight excluding hydrogens is 354 g/mol. The summed E-state index contributed by atoms with van der Waals surface area (Å²) in [4.78, 5) is -3.39. The van der Waals surface area contributed by atoms with Crippen LogP contribution in [0.4, 0.5) is 8.78 Å². The third-order valence-corrected chi connectivity index (χ3v) is 3.10. The molecule has 1 atom stereocenters. The van der Waals surface area contributed by atoms with Gasteiger partial charge in [0.05, 0.1) is 4.47 Å². The van der Waals surface area contributed by atoms with Crippen molar-refractivity contribution in [1.82, 2.24) is 0 Å². The van der Waals surface area contributed by atoms with Gasteiger partial charge >= 0.3 is 4.83 Å². The number of halogens is 4. The van der Waals surface area contributed by atoms with Crippen LogP contribution >= 0.6 is 31.9 Å². The minimum Gasteiger partial charge on any atom is -0.454 e. The van der Waals surface area contributed by atoms with Gasteiger partial charge in [0.1, 0.15) is 0 Å². The molecule has 0 aliphatic carbocycles. The molecule has 88 valence electrons. The van der Waals surface area contributed by atoms with Crippen molar-refractivity contribution < 1.29 is 23.4 Å². The molecule has 0 spiro atoms. The number of hydrogen-bond donors (Lipinski definition) is 1. The van der Waals surface area contributed by atoms with Crippen LogP contribution < -0.4 is 9.47 Å². The summed E-state index contributed by atoms with van der Waals surface area (Å²) in [5.74, 6) is 0.786. The third kappa shape index (κ3) is 2.16. The van der Waals surface area contributed by atoms with Crippen LogP contribution in [0.3, 0.4) is 0 Å². The van der Waals surface area contributed by atoms with Crippen molar-refractivity contribution in [1.29, 1.82) is 0 Å². The Balaban J connectivity index is 2.41. The topological polar surface area (TPSA) is 38.7 Å². The molecule has 7 heteroatoms. The van der Waals surface area contributed by atoms with Gasteiger partial charge in [-0.05, 0) is 49.6 Å². The van der Waals surface area contributed by atoms with Gasteiger partial charge in [-0.3, -0.25) is 0 Å². The third-order valence-electron chi connectivity index (χ3n) is 2.08. The van der Waals surface area contributed by atoms with Gasteiger partial charge in [0, 0.05) is 0 Å². The lowest BCUT2D eigenvalue weighted by Crippen LogP contribution is -2.18. The Hall–Kier alpha value is -0.400. The van der Waals surface area contributed by atoms with Crippen LogP contribution in [-0.4, -0.2) is 16.7 Å². The molecule has 1 aromatic carbocycles. The zero-order valence-corrected chi connectivity index (χ0v) is 10.9. The predicted molar refractivity (Wildman–Crippen MR) is 59.1 cm³/mol. The van der Waals surface area contributed by atoms with E-state index < -0.39 is 10.9 Å². The maximum Gasteiger partial charge on any atom is 0.330 e. The Morgan fingerprint density at radius 3 is 2.69 bits per heavy atom. The lowest BCUT2D eigenvalue weighted by Gasteiger charge is -2.17. The van der Waals surface area contributed by atoms with Crippen molar-refractivity contribution in [3.05, 3.63) is 22.2 Å². The predicted octanol–water partition coefficient (Wildman–Crippen LogP) is 3.20. The Morgan fingerprint density at radius 1 is 1.38 bits per heavy atom. The molecule has 1 unspecified atom stereocenters. The first-order chi connectivity index (χ1) is 7.39. The van der Waals surface area contributed by atoms with Gasteiger partial charge in [0.15, 0.2) is 17.6 Å². The van der Waals surface area contributed by atoms with E-state index in [9.17, 15) is 13.9 Å². The number of rotatable bonds is 2. The molecule has 0 radical (unpaired) electrons. The average molecular weight is 360 g/mol. The van der Waals surface area contributed by atoms with Crippen LogP contribution in [0.5, 0.6) is 11.5 Å². The smallest absolute Gasteiger partial charge is 0.330 e. The second kappa shape index (κ2) is 4.12. The van der Waals surface area contributed by atoms with E-state index in [2.05, 4.69) is 31.9 Å². The molecule has 0 fully saturated rings. The number of aliphatic hydroxyl groups excluding tert-OH is 1. The van der Waals surface area contributed by atoms with Crippen molar-refractivity contribution in [3.63, 3.8) is 0 Å². The molecule has 0 aromatic heterocycles. The highest BCUT2D eigenvalue weighted by molar-refractivity contribution is 9.10. The molecular formula is C9H6Br2F2O3. The monoisotopic (exact) mass is 358 g/mol. The van der Waals surface area contributed by atoms with Crippen LogP contribution in [0, 0.1) is 0 Å². The van der Waals surface area contributed by atoms with E-state index in [1.165, 1.54) is 12.1 Å². The summed E-state index contributed by atoms with van der Waals surface area (Å²) in [7, 11) is 0. The van der Waals surface area contributed by atoms with E-state index in [1.54, 1.807) is 0 Å². The van der Waals surface area contributed by atoms with Gasteiger partial charge in [0.25, 0.3) is 0 Å². The van der Waals surface area contributed by atoms with E-state index in [-0.39, 0.29) is 12.4 Å². The lowest BCUT2D eigenvalue weighted by molar-refractivity contribution is -0.0295. The maximum atomic E-state index is 12.9. The summed E-state index contributed by atoms with van der Waals surface area (Å²) in [5, 5.41) is 9.40. The Morgan fingerprint density at radius 2 is 2.06 bits per heavy atom. The molecule has 1 aliphatic heterocycles. The summed E-state index contributed by atoms with van der Waals surface area (Å²) in [6.07, 6.45) is -1.95. The molecule has 0 saturated carbocycles. The van der Waals surface area contributed by atoms with Crippen molar-refractivity contribution in [2.75, 3.05) is 6.79 Å². The molecule has 1 aliphatic rings. The summed E-state index contributed by atoms with van der Waals surface area (Å²) in [6.45, 7) is 0.0399. The SMILES string of the molecule is OC(c1cc(Br)c2c(c1)OCO2)C(F)(F)Br. The molecule has 0 bridgehead atoms. The van der Waals surface area contributed by atoms with Crippen LogP contribution in [0.15, 0.2) is 16.6 Å². The number of fused-ring (bicyclic) bond motifs is 1. The van der Waals surface area contributed by atoms with Crippen LogP contribution in [-0.2, 0) is 0 Å². The number of ether oxygens (including phenoxy) is 2. The van der Waals surface area contributed by atoms with Crippen LogP contribution in [0.2, 0.25) is 0 Å². The molecule has 3 nitrogen and oxygen atoms in total. The molecule has 0 amide bonds. The second-order valence-electron chi connectivity index (χ2n) is 3.18. The quantitative estimate of drug-likeness (QED) is 0.824. The van der Waals surface area contributed by atoms with E-state index >= 15 is 0 Å². The van der Waals surface area contributed by atoms with Crippen LogP contribution in [0.1, 0.15) is 11.7 Å². The number of aliphatic hydroxyl groups is 1. The highest BCUT2D eigenvalue weighted by Crippen LogP contribution is 2.44. The second-order valence-corrected chi connectivity index (χ2v) is 5.09. The summed E-state index contributed by atoms with van der Waals surface area (Å²) >= 11 is 5.27. The molecule has 0 saturated heterocycles. The van der Waals surface area contributed by atoms with Gasteiger partial charge in [-0.15, -0.1) is 0 Å². The summed E-state index contributed by atoms with van der Waals surface area (Å²) in [5.41, 5.74) is 0.0398. The van der Waals surface area contributed by atoms with Gasteiger partial charge in [-0.1, -0.05) is 0 Å². The van der Waals surface area contributed by atoms with Crippen molar-refractivity contribution >= 4 is 31.9 Å². The highest BCUT2D eigenvalue weighted by Gasteiger charge is 2.37. The first-order valence-electron chi connectivity index (χ1n) is 4.23. The van der Waals surface area contributed by atoms with Gasteiger partial charge < -0.3 is 14.6 Å². The Kier molecular flexibility index (Phi) is 3.11. The molecule has 1 N–H and O–H groups in total. The molecule has 16 heavy (non-hydrogen) atoms. The first kappa shape index (κ1) is 12.1. The fourth-order valence-electron chi connectivity index (χ4n) is 1.33. The molecule has 1 aromatic rings. The van der Waals surface area contributed by atoms with E-state index in [1.807, 2.05) is 0 Å². The van der Waals surface area contributed by atoms with E-state index in [0.717, 1.165) is 0 Å². The van der Waals surface area contributed by atoms with Crippen molar-refractivity contribution in [3.8, 4) is 11.5 Å². The van der Waals surface area contributed by atoms with Crippen LogP contribution in [0.25, 0.3) is 0 Å². The maximum absolute atomic E-state index is 12.9. The minimum absolute atomic E-state index is 0.0398. The largest absolute Gasteiger partial charge is 0.454 e. The van der Waals surface area contributed by atoms with Crippen molar-refractivity contribution in [2.24, 2.45) is 0 Å². The van der Waals surface area contributed by atoms with Gasteiger partial charge in [-0.25, -0.2) is 0 Å². The summed E-state index contributed by atoms with van der Waals surface area (Å²) in [6, 6.07) is 2.69. The van der Waals surface area contributed by atoms with Gasteiger partial charge in [-0.2, -0.15) is 8.78 Å². The zero-order chi connectivity index (χ0) is 11.9. The van der Waals surface area contributed by atoms with E-state index in [0.29, 0.717) is 16.0 Å². The van der Waals surface area contributed by atoms with E-state index in [4.69, 9.17) is 9.47 Å². The number of alkyl halides is 3. The highest BCUT2D eigenvalue weighted by atomic mass is 79.9. The Labute approximate surface area is 107 Å². The average Bonchev–Trinajstić information content (AvgIpc) is 2.63. The normalized spacial score (nSPS) is 16.3. The first-order valence-corrected chi connectivity index (χ1v) is 5.82. The summed E-state index contributed by atoms with van der Waals surface area (Å²) < 4.78 is 36.4.